The molecule has 3 aromatic heterocycles. The first-order valence-electron chi connectivity index (χ1n) is 12.0. The van der Waals surface area contributed by atoms with E-state index in [0.717, 1.165) is 26.5 Å². The molecule has 2 aliphatic rings. The second-order valence-corrected chi connectivity index (χ2v) is 11.8. The molecule has 37 heavy (non-hydrogen) atoms. The van der Waals surface area contributed by atoms with Gasteiger partial charge in [0, 0.05) is 28.7 Å². The van der Waals surface area contributed by atoms with Gasteiger partial charge in [-0.15, -0.1) is 22.7 Å². The molecule has 10 nitrogen and oxygen atoms in total. The van der Waals surface area contributed by atoms with E-state index in [-0.39, 0.29) is 12.0 Å². The van der Waals surface area contributed by atoms with E-state index in [1.165, 1.54) is 4.88 Å². The molecule has 1 saturated heterocycles. The van der Waals surface area contributed by atoms with Crippen LogP contribution in [-0.2, 0) is 16.0 Å². The maximum absolute atomic E-state index is 8.82. The molecule has 2 N–H and O–H groups in total. The number of nitrogens with zero attached hydrogens (tertiary/aromatic N) is 6. The van der Waals surface area contributed by atoms with Crippen molar-refractivity contribution < 1.29 is 9.47 Å². The Morgan fingerprint density at radius 2 is 2.05 bits per heavy atom. The van der Waals surface area contributed by atoms with Gasteiger partial charge >= 0.3 is 0 Å². The molecule has 12 heteroatoms. The summed E-state index contributed by atoms with van der Waals surface area (Å²) in [6, 6.07) is 12.2. The van der Waals surface area contributed by atoms with Crippen molar-refractivity contribution >= 4 is 44.7 Å². The Morgan fingerprint density at radius 3 is 2.84 bits per heavy atom. The lowest BCUT2D eigenvalue weighted by Crippen LogP contribution is -2.62. The standard InChI is InChI=1S/C25H26N8O2S2/c1-14-19(22-30-17-8-4-5-9-18(17)37-22)21(31-23(29-14)27-13-16-7-6-10-36-16)32-25-11-15(12-28-33-26)20(25)34-24(2,3)35-25/h4-10,15,20H,11-13H2,1-3H3,(H2,27,29,31,32)/t15-,20-,25+/m1/s1. The van der Waals surface area contributed by atoms with Crippen molar-refractivity contribution in [3.63, 3.8) is 0 Å². The van der Waals surface area contributed by atoms with E-state index >= 15 is 0 Å². The quantitative estimate of drug-likeness (QED) is 0.154. The van der Waals surface area contributed by atoms with Gasteiger partial charge in [-0.25, -0.2) is 9.97 Å². The minimum absolute atomic E-state index is 0.0513. The van der Waals surface area contributed by atoms with Gasteiger partial charge in [-0.1, -0.05) is 23.3 Å². The summed E-state index contributed by atoms with van der Waals surface area (Å²) in [5.74, 6) is 0.416. The number of hydrogen-bond donors (Lipinski definition) is 2. The second kappa shape index (κ2) is 9.23. The number of hydrogen-bond acceptors (Lipinski definition) is 10. The van der Waals surface area contributed by atoms with Crippen LogP contribution in [0.5, 0.6) is 0 Å². The molecule has 0 unspecified atom stereocenters. The Hall–Kier alpha value is -3.28. The van der Waals surface area contributed by atoms with Gasteiger partial charge < -0.3 is 20.1 Å². The molecule has 3 atom stereocenters. The van der Waals surface area contributed by atoms with E-state index in [0.29, 0.717) is 31.3 Å². The molecule has 190 valence electrons. The zero-order valence-corrected chi connectivity index (χ0v) is 22.3. The summed E-state index contributed by atoms with van der Waals surface area (Å²) >= 11 is 3.29. The Bertz CT molecular complexity index is 1460. The fourth-order valence-corrected chi connectivity index (χ4v) is 6.81. The molecule has 0 bridgehead atoms. The SMILES string of the molecule is Cc1nc(NCc2cccs2)nc(N[C@]23C[C@H](CN=[N+]=[N-])[C@H]2OC(C)(C)O3)c1-c1nc2ccccc2s1. The van der Waals surface area contributed by atoms with E-state index in [4.69, 9.17) is 30.0 Å². The first kappa shape index (κ1) is 24.1. The number of rotatable bonds is 8. The van der Waals surface area contributed by atoms with Crippen LogP contribution in [0.2, 0.25) is 0 Å². The Labute approximate surface area is 221 Å². The smallest absolute Gasteiger partial charge is 0.225 e. The monoisotopic (exact) mass is 534 g/mol. The van der Waals surface area contributed by atoms with Crippen molar-refractivity contribution in [3.05, 3.63) is 62.8 Å². The molecule has 1 aliphatic carbocycles. The number of aryl methyl sites for hydroxylation is 1. The number of anilines is 2. The molecule has 1 aliphatic heterocycles. The minimum Gasteiger partial charge on any atom is -0.349 e. The lowest BCUT2D eigenvalue weighted by atomic mass is 9.73. The lowest BCUT2D eigenvalue weighted by molar-refractivity contribution is -0.152. The maximum Gasteiger partial charge on any atom is 0.225 e. The molecule has 6 rings (SSSR count). The fourth-order valence-electron chi connectivity index (χ4n) is 5.10. The number of thiophene rings is 1. The number of fused-ring (bicyclic) bond motifs is 2. The number of thiazole rings is 1. The molecule has 1 saturated carbocycles. The lowest BCUT2D eigenvalue weighted by Gasteiger charge is -2.48. The highest BCUT2D eigenvalue weighted by Crippen LogP contribution is 2.53. The van der Waals surface area contributed by atoms with Gasteiger partial charge in [-0.2, -0.15) is 4.98 Å². The molecule has 0 radical (unpaired) electrons. The van der Waals surface area contributed by atoms with Crippen LogP contribution in [0.1, 0.15) is 30.8 Å². The zero-order chi connectivity index (χ0) is 25.6. The van der Waals surface area contributed by atoms with Gasteiger partial charge in [0.1, 0.15) is 16.9 Å². The van der Waals surface area contributed by atoms with Gasteiger partial charge in [-0.3, -0.25) is 0 Å². The molecule has 0 spiro atoms. The van der Waals surface area contributed by atoms with Crippen molar-refractivity contribution in [1.82, 2.24) is 15.0 Å². The summed E-state index contributed by atoms with van der Waals surface area (Å²) in [5.41, 5.74) is 10.6. The molecular weight excluding hydrogens is 508 g/mol. The van der Waals surface area contributed by atoms with Crippen LogP contribution < -0.4 is 10.6 Å². The largest absolute Gasteiger partial charge is 0.349 e. The Balaban J connectivity index is 1.39. The van der Waals surface area contributed by atoms with Gasteiger partial charge in [0.2, 0.25) is 5.95 Å². The summed E-state index contributed by atoms with van der Waals surface area (Å²) in [6.07, 6.45) is 0.342. The number of aromatic nitrogens is 3. The molecule has 4 heterocycles. The third kappa shape index (κ3) is 4.51. The van der Waals surface area contributed by atoms with Gasteiger partial charge in [-0.05, 0) is 49.9 Å². The predicted octanol–water partition coefficient (Wildman–Crippen LogP) is 6.33. The average Bonchev–Trinajstić information content (AvgIpc) is 3.57. The fraction of sp³-hybridized carbons (Fsp3) is 0.400. The maximum atomic E-state index is 8.82. The van der Waals surface area contributed by atoms with Crippen LogP contribution in [0.4, 0.5) is 11.8 Å². The van der Waals surface area contributed by atoms with E-state index in [9.17, 15) is 0 Å². The minimum atomic E-state index is -0.795. The average molecular weight is 535 g/mol. The molecule has 2 fully saturated rings. The number of benzene rings is 1. The van der Waals surface area contributed by atoms with Crippen molar-refractivity contribution in [2.75, 3.05) is 17.2 Å². The second-order valence-electron chi connectivity index (χ2n) is 9.71. The predicted molar refractivity (Wildman–Crippen MR) is 146 cm³/mol. The van der Waals surface area contributed by atoms with E-state index in [2.05, 4.69) is 32.8 Å². The molecule has 4 aromatic rings. The van der Waals surface area contributed by atoms with Crippen molar-refractivity contribution in [3.8, 4) is 10.6 Å². The Kier molecular flexibility index (Phi) is 6.01. The van der Waals surface area contributed by atoms with Gasteiger partial charge in [0.05, 0.1) is 28.0 Å². The summed E-state index contributed by atoms with van der Waals surface area (Å²) in [7, 11) is 0. The van der Waals surface area contributed by atoms with Crippen molar-refractivity contribution in [2.24, 2.45) is 11.0 Å². The highest BCUT2D eigenvalue weighted by atomic mass is 32.1. The highest BCUT2D eigenvalue weighted by Gasteiger charge is 2.64. The van der Waals surface area contributed by atoms with Crippen LogP contribution >= 0.6 is 22.7 Å². The summed E-state index contributed by atoms with van der Waals surface area (Å²) < 4.78 is 13.8. The van der Waals surface area contributed by atoms with E-state index in [1.807, 2.05) is 50.4 Å². The summed E-state index contributed by atoms with van der Waals surface area (Å²) in [6.45, 7) is 6.75. The van der Waals surface area contributed by atoms with E-state index in [1.54, 1.807) is 22.7 Å². The number of nitrogens with one attached hydrogen (secondary N) is 2. The first-order valence-corrected chi connectivity index (χ1v) is 13.7. The van der Waals surface area contributed by atoms with Gasteiger partial charge in [0.25, 0.3) is 0 Å². The number of ether oxygens (including phenoxy) is 2. The van der Waals surface area contributed by atoms with Crippen molar-refractivity contribution in [2.45, 2.75) is 51.4 Å². The molecule has 0 amide bonds. The van der Waals surface area contributed by atoms with Crippen LogP contribution in [0.25, 0.3) is 31.2 Å². The first-order chi connectivity index (χ1) is 17.9. The van der Waals surface area contributed by atoms with Crippen LogP contribution in [-0.4, -0.2) is 39.1 Å². The highest BCUT2D eigenvalue weighted by molar-refractivity contribution is 7.21. The topological polar surface area (TPSA) is 130 Å². The van der Waals surface area contributed by atoms with Crippen LogP contribution in [0.3, 0.4) is 0 Å². The molecule has 1 aromatic carbocycles. The third-order valence-electron chi connectivity index (χ3n) is 6.60. The zero-order valence-electron chi connectivity index (χ0n) is 20.6. The normalized spacial score (nSPS) is 23.8. The van der Waals surface area contributed by atoms with Gasteiger partial charge in [0.15, 0.2) is 11.5 Å². The van der Waals surface area contributed by atoms with Crippen LogP contribution in [0, 0.1) is 12.8 Å². The van der Waals surface area contributed by atoms with Crippen LogP contribution in [0.15, 0.2) is 46.9 Å². The van der Waals surface area contributed by atoms with Crippen molar-refractivity contribution in [1.29, 1.82) is 0 Å². The number of azide groups is 1. The third-order valence-corrected chi connectivity index (χ3v) is 8.53. The van der Waals surface area contributed by atoms with E-state index < -0.39 is 11.5 Å². The summed E-state index contributed by atoms with van der Waals surface area (Å²) in [4.78, 5) is 18.7. The molecular formula is C25H26N8O2S2. The Morgan fingerprint density at radius 1 is 1.19 bits per heavy atom. The summed E-state index contributed by atoms with van der Waals surface area (Å²) in [5, 5.41) is 13.6. The number of para-hydroxylation sites is 1.